The van der Waals surface area contributed by atoms with Crippen molar-refractivity contribution in [3.8, 4) is 6.07 Å². The molecular weight excluding hydrogens is 234 g/mol. The molecule has 0 saturated heterocycles. The minimum Gasteiger partial charge on any atom is -0.369 e. The van der Waals surface area contributed by atoms with Gasteiger partial charge in [0, 0.05) is 31.6 Å². The van der Waals surface area contributed by atoms with Crippen molar-refractivity contribution >= 4 is 17.2 Å². The van der Waals surface area contributed by atoms with E-state index in [-0.39, 0.29) is 0 Å². The van der Waals surface area contributed by atoms with Crippen LogP contribution in [0.3, 0.4) is 0 Å². The van der Waals surface area contributed by atoms with E-state index in [1.807, 2.05) is 19.4 Å². The molecule has 0 aliphatic rings. The number of rotatable bonds is 4. The average Bonchev–Trinajstić information content (AvgIpc) is 2.88. The van der Waals surface area contributed by atoms with Gasteiger partial charge in [-0.25, -0.2) is 4.98 Å². The van der Waals surface area contributed by atoms with Crippen molar-refractivity contribution in [1.82, 2.24) is 14.8 Å². The third kappa shape index (κ3) is 2.45. The first-order valence-electron chi connectivity index (χ1n) is 5.28. The van der Waals surface area contributed by atoms with Gasteiger partial charge in [-0.2, -0.15) is 10.4 Å². The van der Waals surface area contributed by atoms with Crippen LogP contribution in [-0.4, -0.2) is 21.3 Å². The summed E-state index contributed by atoms with van der Waals surface area (Å²) in [6, 6.07) is 2.17. The first-order chi connectivity index (χ1) is 8.22. The minimum absolute atomic E-state index is 0.617. The fourth-order valence-corrected chi connectivity index (χ4v) is 2.28. The zero-order valence-electron chi connectivity index (χ0n) is 9.77. The van der Waals surface area contributed by atoms with Crippen LogP contribution in [0.15, 0.2) is 11.6 Å². The van der Waals surface area contributed by atoms with Gasteiger partial charge in [-0.3, -0.25) is 4.68 Å². The van der Waals surface area contributed by atoms with Gasteiger partial charge in [-0.05, 0) is 6.92 Å². The molecule has 0 atom stereocenters. The Morgan fingerprint density at radius 1 is 1.59 bits per heavy atom. The summed E-state index contributed by atoms with van der Waals surface area (Å²) in [6.45, 7) is 2.59. The number of aromatic nitrogens is 3. The molecule has 0 amide bonds. The van der Waals surface area contributed by atoms with E-state index in [0.29, 0.717) is 5.56 Å². The summed E-state index contributed by atoms with van der Waals surface area (Å²) in [5.41, 5.74) is 1.37. The molecule has 0 aromatic carbocycles. The van der Waals surface area contributed by atoms with Gasteiger partial charge in [-0.1, -0.05) is 0 Å². The molecule has 2 aromatic rings. The second-order valence-electron chi connectivity index (χ2n) is 3.65. The summed E-state index contributed by atoms with van der Waals surface area (Å²) in [5, 5.41) is 19.5. The molecule has 5 nitrogen and oxygen atoms in total. The average molecular weight is 247 g/mol. The molecule has 2 aromatic heterocycles. The molecule has 0 aliphatic carbocycles. The lowest BCUT2D eigenvalue weighted by molar-refractivity contribution is 0.757. The van der Waals surface area contributed by atoms with Crippen molar-refractivity contribution in [3.63, 3.8) is 0 Å². The smallest absolute Gasteiger partial charge is 0.142 e. The van der Waals surface area contributed by atoms with Gasteiger partial charge < -0.3 is 5.32 Å². The molecule has 0 saturated carbocycles. The highest BCUT2D eigenvalue weighted by Crippen LogP contribution is 2.17. The predicted molar refractivity (Wildman–Crippen MR) is 67.0 cm³/mol. The first-order valence-corrected chi connectivity index (χ1v) is 6.16. The van der Waals surface area contributed by atoms with Gasteiger partial charge in [0.1, 0.15) is 17.5 Å². The number of anilines is 1. The Balaban J connectivity index is 2.02. The van der Waals surface area contributed by atoms with Crippen LogP contribution in [0.4, 0.5) is 5.82 Å². The largest absolute Gasteiger partial charge is 0.369 e. The summed E-state index contributed by atoms with van der Waals surface area (Å²) in [6.07, 6.45) is 2.65. The van der Waals surface area contributed by atoms with E-state index in [0.717, 1.165) is 29.5 Å². The number of hydrogen-bond donors (Lipinski definition) is 1. The molecule has 88 valence electrons. The van der Waals surface area contributed by atoms with Crippen molar-refractivity contribution in [1.29, 1.82) is 5.26 Å². The maximum Gasteiger partial charge on any atom is 0.142 e. The van der Waals surface area contributed by atoms with Crippen molar-refractivity contribution in [2.75, 3.05) is 11.9 Å². The number of thiazole rings is 1. The first kappa shape index (κ1) is 11.6. The fraction of sp³-hybridized carbons (Fsp3) is 0.364. The number of hydrogen-bond acceptors (Lipinski definition) is 5. The molecule has 17 heavy (non-hydrogen) atoms. The fourth-order valence-electron chi connectivity index (χ4n) is 1.66. The van der Waals surface area contributed by atoms with Crippen LogP contribution in [0.25, 0.3) is 0 Å². The molecule has 0 unspecified atom stereocenters. The highest BCUT2D eigenvalue weighted by atomic mass is 32.1. The van der Waals surface area contributed by atoms with Crippen LogP contribution in [0.5, 0.6) is 0 Å². The van der Waals surface area contributed by atoms with Crippen LogP contribution in [0.1, 0.15) is 16.3 Å². The minimum atomic E-state index is 0.617. The number of nitrogens with one attached hydrogen (secondary N) is 1. The van der Waals surface area contributed by atoms with E-state index in [1.165, 1.54) is 0 Å². The Bertz CT molecular complexity index is 535. The van der Waals surface area contributed by atoms with Crippen LogP contribution in [-0.2, 0) is 13.5 Å². The highest BCUT2D eigenvalue weighted by Gasteiger charge is 2.11. The Labute approximate surface area is 104 Å². The summed E-state index contributed by atoms with van der Waals surface area (Å²) < 4.78 is 1.70. The standard InChI is InChI=1S/C11H13N5S/c1-8-9(7-12)11(16(2)15-8)14-4-3-10-13-5-6-17-10/h5-6,14H,3-4H2,1-2H3. The van der Waals surface area contributed by atoms with Gasteiger partial charge >= 0.3 is 0 Å². The Morgan fingerprint density at radius 2 is 2.41 bits per heavy atom. The quantitative estimate of drug-likeness (QED) is 0.893. The van der Waals surface area contributed by atoms with Gasteiger partial charge in [0.25, 0.3) is 0 Å². The summed E-state index contributed by atoms with van der Waals surface area (Å²) in [4.78, 5) is 4.21. The van der Waals surface area contributed by atoms with Crippen LogP contribution >= 0.6 is 11.3 Å². The molecule has 2 rings (SSSR count). The summed E-state index contributed by atoms with van der Waals surface area (Å²) in [5.74, 6) is 0.779. The third-order valence-corrected chi connectivity index (χ3v) is 3.29. The van der Waals surface area contributed by atoms with Gasteiger partial charge in [0.2, 0.25) is 0 Å². The zero-order valence-corrected chi connectivity index (χ0v) is 10.6. The lowest BCUT2D eigenvalue weighted by Crippen LogP contribution is -2.09. The van der Waals surface area contributed by atoms with Crippen LogP contribution in [0.2, 0.25) is 0 Å². The van der Waals surface area contributed by atoms with E-state index in [1.54, 1.807) is 22.2 Å². The number of nitriles is 1. The Kier molecular flexibility index (Phi) is 3.40. The van der Waals surface area contributed by atoms with Crippen molar-refractivity contribution in [3.05, 3.63) is 27.8 Å². The lowest BCUT2D eigenvalue weighted by Gasteiger charge is -2.05. The molecule has 0 spiro atoms. The number of nitrogens with zero attached hydrogens (tertiary/aromatic N) is 4. The SMILES string of the molecule is Cc1nn(C)c(NCCc2nccs2)c1C#N. The van der Waals surface area contributed by atoms with Crippen molar-refractivity contribution in [2.24, 2.45) is 7.05 Å². The van der Waals surface area contributed by atoms with E-state index < -0.39 is 0 Å². The van der Waals surface area contributed by atoms with E-state index in [2.05, 4.69) is 21.5 Å². The van der Waals surface area contributed by atoms with Crippen molar-refractivity contribution in [2.45, 2.75) is 13.3 Å². The molecule has 0 aliphatic heterocycles. The van der Waals surface area contributed by atoms with E-state index in [9.17, 15) is 0 Å². The Hall–Kier alpha value is -1.87. The second-order valence-corrected chi connectivity index (χ2v) is 4.63. The molecular formula is C11H13N5S. The topological polar surface area (TPSA) is 66.5 Å². The summed E-state index contributed by atoms with van der Waals surface area (Å²) >= 11 is 1.64. The Morgan fingerprint density at radius 3 is 3.06 bits per heavy atom. The zero-order chi connectivity index (χ0) is 12.3. The van der Waals surface area contributed by atoms with Gasteiger partial charge in [-0.15, -0.1) is 11.3 Å². The molecule has 6 heteroatoms. The van der Waals surface area contributed by atoms with Crippen LogP contribution < -0.4 is 5.32 Å². The van der Waals surface area contributed by atoms with Gasteiger partial charge in [0.15, 0.2) is 0 Å². The van der Waals surface area contributed by atoms with E-state index >= 15 is 0 Å². The second kappa shape index (κ2) is 4.97. The molecule has 1 N–H and O–H groups in total. The van der Waals surface area contributed by atoms with Crippen LogP contribution in [0, 0.1) is 18.3 Å². The van der Waals surface area contributed by atoms with Gasteiger partial charge in [0.05, 0.1) is 10.7 Å². The molecule has 0 bridgehead atoms. The third-order valence-electron chi connectivity index (χ3n) is 2.45. The number of aryl methyl sites for hydroxylation is 2. The predicted octanol–water partition coefficient (Wildman–Crippen LogP) is 1.71. The monoisotopic (exact) mass is 247 g/mol. The highest BCUT2D eigenvalue weighted by molar-refractivity contribution is 7.09. The van der Waals surface area contributed by atoms with E-state index in [4.69, 9.17) is 5.26 Å². The lowest BCUT2D eigenvalue weighted by atomic mass is 10.2. The summed E-state index contributed by atoms with van der Waals surface area (Å²) in [7, 11) is 1.83. The normalized spacial score (nSPS) is 10.2. The maximum atomic E-state index is 9.04. The molecule has 0 radical (unpaired) electrons. The molecule has 0 fully saturated rings. The molecule has 2 heterocycles. The maximum absolute atomic E-state index is 9.04. The van der Waals surface area contributed by atoms with Crippen molar-refractivity contribution < 1.29 is 0 Å².